The van der Waals surface area contributed by atoms with E-state index in [4.69, 9.17) is 4.89 Å². The van der Waals surface area contributed by atoms with Gasteiger partial charge in [-0.15, -0.1) is 11.8 Å². The fraction of sp³-hybridized carbons (Fsp3) is 0.333. The van der Waals surface area contributed by atoms with Crippen LogP contribution < -0.4 is 0 Å². The van der Waals surface area contributed by atoms with Crippen LogP contribution in [0.3, 0.4) is 0 Å². The summed E-state index contributed by atoms with van der Waals surface area (Å²) in [6.07, 6.45) is -4.54. The zero-order chi connectivity index (χ0) is 15.6. The third kappa shape index (κ3) is 4.23. The van der Waals surface area contributed by atoms with Gasteiger partial charge in [0.05, 0.1) is 5.56 Å². The van der Waals surface area contributed by atoms with Crippen molar-refractivity contribution in [3.8, 4) is 0 Å². The second-order valence-corrected chi connectivity index (χ2v) is 6.92. The Morgan fingerprint density at radius 1 is 1.40 bits per heavy atom. The highest BCUT2D eigenvalue weighted by Crippen LogP contribution is 2.39. The van der Waals surface area contributed by atoms with Crippen molar-refractivity contribution in [1.29, 1.82) is 0 Å². The standard InChI is InChI=1S/C9H10F3O5PS2/c1-19-7-4-2-3-6(9(10,11)12)8(7)20(15,16)17-5-18(13)14/h2-4,18H,5H2,1H3,(H,13,14). The minimum atomic E-state index is -4.89. The molecule has 5 nitrogen and oxygen atoms in total. The van der Waals surface area contributed by atoms with Gasteiger partial charge in [-0.25, -0.2) is 0 Å². The first-order valence-electron chi connectivity index (χ1n) is 4.95. The molecule has 0 saturated heterocycles. The van der Waals surface area contributed by atoms with E-state index in [2.05, 4.69) is 4.18 Å². The number of thioether (sulfide) groups is 1. The van der Waals surface area contributed by atoms with Gasteiger partial charge in [-0.3, -0.25) is 8.75 Å². The van der Waals surface area contributed by atoms with Gasteiger partial charge in [0, 0.05) is 4.90 Å². The Balaban J connectivity index is 3.45. The number of hydrogen-bond donors (Lipinski definition) is 1. The summed E-state index contributed by atoms with van der Waals surface area (Å²) in [5.74, 6) is 0. The van der Waals surface area contributed by atoms with E-state index >= 15 is 0 Å². The molecule has 1 aromatic carbocycles. The van der Waals surface area contributed by atoms with Crippen molar-refractivity contribution < 1.29 is 35.2 Å². The molecular formula is C9H10F3O5PS2. The lowest BCUT2D eigenvalue weighted by molar-refractivity contribution is -0.140. The Morgan fingerprint density at radius 2 is 2.00 bits per heavy atom. The third-order valence-electron chi connectivity index (χ3n) is 2.09. The van der Waals surface area contributed by atoms with E-state index in [1.54, 1.807) is 0 Å². The molecule has 20 heavy (non-hydrogen) atoms. The second kappa shape index (κ2) is 6.48. The summed E-state index contributed by atoms with van der Waals surface area (Å²) < 4.78 is 76.9. The van der Waals surface area contributed by atoms with E-state index in [1.165, 1.54) is 12.3 Å². The fourth-order valence-corrected chi connectivity index (χ4v) is 4.32. The van der Waals surface area contributed by atoms with Crippen molar-refractivity contribution in [2.45, 2.75) is 16.0 Å². The van der Waals surface area contributed by atoms with Gasteiger partial charge >= 0.3 is 6.18 Å². The van der Waals surface area contributed by atoms with Gasteiger partial charge in [-0.1, -0.05) is 6.07 Å². The van der Waals surface area contributed by atoms with Gasteiger partial charge in [0.2, 0.25) is 8.03 Å². The van der Waals surface area contributed by atoms with E-state index in [9.17, 15) is 26.2 Å². The van der Waals surface area contributed by atoms with Crippen molar-refractivity contribution in [3.05, 3.63) is 23.8 Å². The first-order valence-corrected chi connectivity index (χ1v) is 9.14. The van der Waals surface area contributed by atoms with Crippen LogP contribution in [0.5, 0.6) is 0 Å². The van der Waals surface area contributed by atoms with Crippen molar-refractivity contribution in [3.63, 3.8) is 0 Å². The van der Waals surface area contributed by atoms with Crippen LogP contribution in [-0.4, -0.2) is 25.9 Å². The molecule has 0 spiro atoms. The van der Waals surface area contributed by atoms with E-state index in [0.717, 1.165) is 17.8 Å². The van der Waals surface area contributed by atoms with E-state index in [-0.39, 0.29) is 4.90 Å². The molecular weight excluding hydrogens is 340 g/mol. The largest absolute Gasteiger partial charge is 0.417 e. The molecule has 0 aliphatic carbocycles. The number of benzene rings is 1. The third-order valence-corrected chi connectivity index (χ3v) is 4.97. The van der Waals surface area contributed by atoms with Gasteiger partial charge in [-0.2, -0.15) is 21.6 Å². The van der Waals surface area contributed by atoms with Crippen molar-refractivity contribution >= 4 is 29.9 Å². The summed E-state index contributed by atoms with van der Waals surface area (Å²) in [6.45, 7) is 0. The van der Waals surface area contributed by atoms with Crippen LogP contribution in [0.15, 0.2) is 28.0 Å². The molecule has 0 saturated carbocycles. The average molecular weight is 350 g/mol. The lowest BCUT2D eigenvalue weighted by Gasteiger charge is -2.15. The van der Waals surface area contributed by atoms with Crippen LogP contribution in [0.4, 0.5) is 13.2 Å². The Labute approximate surface area is 118 Å². The summed E-state index contributed by atoms with van der Waals surface area (Å²) in [7, 11) is -8.07. The molecule has 0 aliphatic heterocycles. The molecule has 0 fully saturated rings. The normalized spacial score (nSPS) is 14.2. The maximum Gasteiger partial charge on any atom is 0.417 e. The molecule has 0 heterocycles. The van der Waals surface area contributed by atoms with Crippen molar-refractivity contribution in [1.82, 2.24) is 0 Å². The molecule has 11 heteroatoms. The molecule has 1 atom stereocenters. The van der Waals surface area contributed by atoms with Gasteiger partial charge in [0.25, 0.3) is 10.1 Å². The molecule has 1 rings (SSSR count). The monoisotopic (exact) mass is 350 g/mol. The van der Waals surface area contributed by atoms with Crippen molar-refractivity contribution in [2.75, 3.05) is 12.6 Å². The predicted octanol–water partition coefficient (Wildman–Crippen LogP) is 2.56. The molecule has 0 radical (unpaired) electrons. The molecule has 0 amide bonds. The molecule has 1 unspecified atom stereocenters. The van der Waals surface area contributed by atoms with Crippen LogP contribution >= 0.6 is 19.8 Å². The van der Waals surface area contributed by atoms with Gasteiger partial charge in [-0.05, 0) is 18.4 Å². The Kier molecular flexibility index (Phi) is 5.68. The summed E-state index contributed by atoms with van der Waals surface area (Å²) in [4.78, 5) is 7.35. The quantitative estimate of drug-likeness (QED) is 0.499. The van der Waals surface area contributed by atoms with Crippen LogP contribution in [0.25, 0.3) is 0 Å². The zero-order valence-electron chi connectivity index (χ0n) is 9.97. The van der Waals surface area contributed by atoms with E-state index in [0.29, 0.717) is 6.07 Å². The topological polar surface area (TPSA) is 80.7 Å². The first-order chi connectivity index (χ1) is 9.09. The SMILES string of the molecule is CSc1cccc(C(F)(F)F)c1S(=O)(=O)OC[PH](=O)O. The number of hydrogen-bond acceptors (Lipinski definition) is 5. The van der Waals surface area contributed by atoms with Crippen LogP contribution in [0, 0.1) is 0 Å². The van der Waals surface area contributed by atoms with Crippen molar-refractivity contribution in [2.24, 2.45) is 0 Å². The summed E-state index contributed by atoms with van der Waals surface area (Å²) in [5, 5.41) is 0. The van der Waals surface area contributed by atoms with Crippen LogP contribution in [0.2, 0.25) is 0 Å². The predicted molar refractivity (Wildman–Crippen MR) is 67.6 cm³/mol. The molecule has 0 bridgehead atoms. The molecule has 0 aliphatic rings. The van der Waals surface area contributed by atoms with Crippen LogP contribution in [0.1, 0.15) is 5.56 Å². The maximum absolute atomic E-state index is 12.9. The minimum absolute atomic E-state index is 0.155. The molecule has 0 aromatic heterocycles. The number of alkyl halides is 3. The summed E-state index contributed by atoms with van der Waals surface area (Å²) >= 11 is 0.795. The van der Waals surface area contributed by atoms with Crippen LogP contribution in [-0.2, 0) is 25.0 Å². The highest BCUT2D eigenvalue weighted by molar-refractivity contribution is 7.99. The number of halogens is 3. The Hall–Kier alpha value is -0.540. The highest BCUT2D eigenvalue weighted by Gasteiger charge is 2.39. The Morgan fingerprint density at radius 3 is 2.45 bits per heavy atom. The van der Waals surface area contributed by atoms with E-state index < -0.39 is 41.1 Å². The second-order valence-electron chi connectivity index (χ2n) is 3.44. The molecule has 114 valence electrons. The zero-order valence-corrected chi connectivity index (χ0v) is 12.6. The summed E-state index contributed by atoms with van der Waals surface area (Å²) in [6, 6.07) is 2.87. The maximum atomic E-state index is 12.9. The smallest absolute Gasteiger partial charge is 0.345 e. The Bertz CT molecular complexity index is 614. The van der Waals surface area contributed by atoms with E-state index in [1.807, 2.05) is 0 Å². The van der Waals surface area contributed by atoms with Gasteiger partial charge < -0.3 is 4.89 Å². The molecule has 1 aromatic rings. The minimum Gasteiger partial charge on any atom is -0.345 e. The average Bonchev–Trinajstić information content (AvgIpc) is 2.34. The highest BCUT2D eigenvalue weighted by atomic mass is 32.2. The summed E-state index contributed by atoms with van der Waals surface area (Å²) in [5.41, 5.74) is -1.37. The lowest BCUT2D eigenvalue weighted by atomic mass is 10.2. The van der Waals surface area contributed by atoms with Gasteiger partial charge in [0.1, 0.15) is 11.2 Å². The fourth-order valence-electron chi connectivity index (χ4n) is 1.34. The van der Waals surface area contributed by atoms with Gasteiger partial charge in [0.15, 0.2) is 0 Å². The number of rotatable bonds is 5. The lowest BCUT2D eigenvalue weighted by Crippen LogP contribution is -2.16. The molecule has 1 N–H and O–H groups in total. The first kappa shape index (κ1) is 17.5.